The zero-order chi connectivity index (χ0) is 17.3. The highest BCUT2D eigenvalue weighted by Gasteiger charge is 2.28. The number of guanidine groups is 1. The number of rotatable bonds is 2. The molecule has 22 heavy (non-hydrogen) atoms. The highest BCUT2D eigenvalue weighted by Crippen LogP contribution is 2.38. The van der Waals surface area contributed by atoms with Gasteiger partial charge in [0.1, 0.15) is 5.75 Å². The summed E-state index contributed by atoms with van der Waals surface area (Å²) in [6.07, 6.45) is 0. The van der Waals surface area contributed by atoms with E-state index in [-0.39, 0.29) is 16.8 Å². The molecule has 4 N–H and O–H groups in total. The number of amides is 1. The number of carbonyl (C=O) groups excluding carboxylic acids is 1. The zero-order valence-electron chi connectivity index (χ0n) is 14.5. The molecule has 0 spiro atoms. The maximum absolute atomic E-state index is 12.4. The molecule has 5 heteroatoms. The summed E-state index contributed by atoms with van der Waals surface area (Å²) < 4.78 is 5.50. The largest absolute Gasteiger partial charge is 0.496 e. The van der Waals surface area contributed by atoms with Crippen LogP contribution in [0.3, 0.4) is 0 Å². The molecule has 1 rings (SSSR count). The van der Waals surface area contributed by atoms with Crippen molar-refractivity contribution in [2.24, 2.45) is 5.73 Å². The van der Waals surface area contributed by atoms with Gasteiger partial charge < -0.3 is 10.5 Å². The third kappa shape index (κ3) is 4.00. The molecule has 0 radical (unpaired) electrons. The van der Waals surface area contributed by atoms with Crippen molar-refractivity contribution < 1.29 is 9.53 Å². The van der Waals surface area contributed by atoms with Gasteiger partial charge in [-0.3, -0.25) is 15.5 Å². The lowest BCUT2D eigenvalue weighted by molar-refractivity contribution is 0.0973. The Morgan fingerprint density at radius 2 is 1.68 bits per heavy atom. The van der Waals surface area contributed by atoms with Crippen molar-refractivity contribution in [3.63, 3.8) is 0 Å². The Morgan fingerprint density at radius 3 is 2.05 bits per heavy atom. The second-order valence-electron chi connectivity index (χ2n) is 7.47. The molecule has 0 aromatic heterocycles. The molecular formula is C17H27N3O2. The molecule has 0 aliphatic heterocycles. The lowest BCUT2D eigenvalue weighted by Crippen LogP contribution is -2.36. The van der Waals surface area contributed by atoms with Crippen LogP contribution in [-0.2, 0) is 10.8 Å². The molecular weight excluding hydrogens is 278 g/mol. The van der Waals surface area contributed by atoms with Gasteiger partial charge in [0, 0.05) is 5.56 Å². The molecule has 0 saturated carbocycles. The summed E-state index contributed by atoms with van der Waals surface area (Å²) in [5.74, 6) is -0.286. The fourth-order valence-electron chi connectivity index (χ4n) is 2.20. The van der Waals surface area contributed by atoms with E-state index in [1.54, 1.807) is 7.11 Å². The normalized spacial score (nSPS) is 12.0. The molecule has 122 valence electrons. The van der Waals surface area contributed by atoms with Crippen LogP contribution in [0.2, 0.25) is 0 Å². The summed E-state index contributed by atoms with van der Waals surface area (Å²) in [5, 5.41) is 9.59. The third-order valence-electron chi connectivity index (χ3n) is 3.46. The average Bonchev–Trinajstić information content (AvgIpc) is 2.33. The first-order chi connectivity index (χ1) is 9.87. The van der Waals surface area contributed by atoms with Gasteiger partial charge in [0.25, 0.3) is 5.91 Å². The summed E-state index contributed by atoms with van der Waals surface area (Å²) in [6.45, 7) is 12.5. The molecule has 0 unspecified atom stereocenters. The number of hydrogen-bond acceptors (Lipinski definition) is 3. The van der Waals surface area contributed by atoms with E-state index in [0.717, 1.165) is 11.1 Å². The van der Waals surface area contributed by atoms with E-state index in [1.807, 2.05) is 6.07 Å². The maximum Gasteiger partial charge on any atom is 0.261 e. The van der Waals surface area contributed by atoms with Crippen molar-refractivity contribution in [2.75, 3.05) is 7.11 Å². The van der Waals surface area contributed by atoms with Crippen LogP contribution in [0.15, 0.2) is 12.1 Å². The van der Waals surface area contributed by atoms with Crippen LogP contribution in [-0.4, -0.2) is 19.0 Å². The Labute approximate surface area is 132 Å². The molecule has 1 amide bonds. The quantitative estimate of drug-likeness (QED) is 0.580. The number of nitrogens with two attached hydrogens (primary N) is 1. The van der Waals surface area contributed by atoms with Crippen molar-refractivity contribution in [1.82, 2.24) is 5.32 Å². The molecule has 0 aliphatic rings. The molecule has 1 aromatic rings. The molecule has 0 atom stereocenters. The summed E-state index contributed by atoms with van der Waals surface area (Å²) in [5.41, 5.74) is 7.37. The van der Waals surface area contributed by atoms with Gasteiger partial charge in [-0.1, -0.05) is 47.6 Å². The summed E-state index contributed by atoms with van der Waals surface area (Å²) in [6, 6.07) is 3.90. The van der Waals surface area contributed by atoms with Crippen molar-refractivity contribution in [1.29, 1.82) is 5.41 Å². The van der Waals surface area contributed by atoms with Gasteiger partial charge in [0.05, 0.1) is 12.7 Å². The Balaban J connectivity index is 3.66. The Morgan fingerprint density at radius 1 is 1.14 bits per heavy atom. The van der Waals surface area contributed by atoms with Gasteiger partial charge in [-0.15, -0.1) is 0 Å². The molecule has 0 aliphatic carbocycles. The van der Waals surface area contributed by atoms with E-state index in [1.165, 1.54) is 0 Å². The fourth-order valence-corrected chi connectivity index (χ4v) is 2.20. The molecule has 0 fully saturated rings. The number of carbonyl (C=O) groups is 1. The van der Waals surface area contributed by atoms with Crippen molar-refractivity contribution in [3.8, 4) is 5.75 Å². The Bertz CT molecular complexity index is 593. The van der Waals surface area contributed by atoms with Gasteiger partial charge in [-0.05, 0) is 22.5 Å². The van der Waals surface area contributed by atoms with E-state index in [4.69, 9.17) is 15.9 Å². The molecule has 1 aromatic carbocycles. The zero-order valence-corrected chi connectivity index (χ0v) is 14.5. The van der Waals surface area contributed by atoms with Gasteiger partial charge >= 0.3 is 0 Å². The second kappa shape index (κ2) is 5.99. The van der Waals surface area contributed by atoms with Crippen molar-refractivity contribution >= 4 is 11.9 Å². The van der Waals surface area contributed by atoms with E-state index >= 15 is 0 Å². The first kappa shape index (κ1) is 18.0. The standard InChI is InChI=1S/C17H27N3O2/c1-16(2,3)10-8-11(14(21)20-15(18)19)13(22-7)12(9-10)17(4,5)6/h8-9H,1-7H3,(H4,18,19,20,21). The fraction of sp³-hybridized carbons (Fsp3) is 0.529. The van der Waals surface area contributed by atoms with Gasteiger partial charge in [0.15, 0.2) is 5.96 Å². The first-order valence-corrected chi connectivity index (χ1v) is 7.26. The van der Waals surface area contributed by atoms with Gasteiger partial charge in [-0.25, -0.2) is 0 Å². The number of hydrogen-bond donors (Lipinski definition) is 3. The van der Waals surface area contributed by atoms with Crippen LogP contribution in [0.5, 0.6) is 5.75 Å². The van der Waals surface area contributed by atoms with E-state index < -0.39 is 5.91 Å². The Hall–Kier alpha value is -2.04. The average molecular weight is 305 g/mol. The minimum atomic E-state index is -0.430. The van der Waals surface area contributed by atoms with E-state index in [9.17, 15) is 4.79 Å². The molecule has 5 nitrogen and oxygen atoms in total. The minimum absolute atomic E-state index is 0.114. The van der Waals surface area contributed by atoms with E-state index in [2.05, 4.69) is 52.9 Å². The number of nitrogens with one attached hydrogen (secondary N) is 2. The second-order valence-corrected chi connectivity index (χ2v) is 7.47. The highest BCUT2D eigenvalue weighted by molar-refractivity contribution is 6.06. The summed E-state index contributed by atoms with van der Waals surface area (Å²) in [4.78, 5) is 12.4. The smallest absolute Gasteiger partial charge is 0.261 e. The van der Waals surface area contributed by atoms with Crippen LogP contribution in [0.1, 0.15) is 63.0 Å². The van der Waals surface area contributed by atoms with Gasteiger partial charge in [-0.2, -0.15) is 0 Å². The van der Waals surface area contributed by atoms with Crippen molar-refractivity contribution in [3.05, 3.63) is 28.8 Å². The van der Waals surface area contributed by atoms with Crippen LogP contribution in [0, 0.1) is 5.41 Å². The Kier molecular flexibility index (Phi) is 4.90. The topological polar surface area (TPSA) is 88.2 Å². The predicted molar refractivity (Wildman–Crippen MR) is 89.8 cm³/mol. The lowest BCUT2D eigenvalue weighted by Gasteiger charge is -2.28. The number of methoxy groups -OCH3 is 1. The molecule has 0 bridgehead atoms. The van der Waals surface area contributed by atoms with Crippen LogP contribution in [0.25, 0.3) is 0 Å². The summed E-state index contributed by atoms with van der Waals surface area (Å²) >= 11 is 0. The molecule has 0 saturated heterocycles. The van der Waals surface area contributed by atoms with E-state index in [0.29, 0.717) is 11.3 Å². The number of ether oxygens (including phenoxy) is 1. The maximum atomic E-state index is 12.4. The van der Waals surface area contributed by atoms with Crippen molar-refractivity contribution in [2.45, 2.75) is 52.4 Å². The van der Waals surface area contributed by atoms with Crippen LogP contribution in [0.4, 0.5) is 0 Å². The molecule has 0 heterocycles. The van der Waals surface area contributed by atoms with Gasteiger partial charge in [0.2, 0.25) is 0 Å². The minimum Gasteiger partial charge on any atom is -0.496 e. The first-order valence-electron chi connectivity index (χ1n) is 7.26. The highest BCUT2D eigenvalue weighted by atomic mass is 16.5. The monoisotopic (exact) mass is 305 g/mol. The van der Waals surface area contributed by atoms with Crippen LogP contribution < -0.4 is 15.8 Å². The lowest BCUT2D eigenvalue weighted by atomic mass is 9.78. The SMILES string of the molecule is COc1c(C(=O)NC(=N)N)cc(C(C)(C)C)cc1C(C)(C)C. The third-order valence-corrected chi connectivity index (χ3v) is 3.46. The van der Waals surface area contributed by atoms with Crippen LogP contribution >= 0.6 is 0 Å². The summed E-state index contributed by atoms with van der Waals surface area (Å²) in [7, 11) is 1.55. The number of benzene rings is 1. The predicted octanol–water partition coefficient (Wildman–Crippen LogP) is 2.91.